The molecule has 1 aromatic rings. The van der Waals surface area contributed by atoms with E-state index < -0.39 is 29.5 Å². The molecule has 136 valence electrons. The lowest BCUT2D eigenvalue weighted by molar-refractivity contribution is 0.0442. The Kier molecular flexibility index (Phi) is 5.37. The Morgan fingerprint density at radius 2 is 2.04 bits per heavy atom. The molecule has 7 nitrogen and oxygen atoms in total. The Morgan fingerprint density at radius 3 is 2.52 bits per heavy atom. The highest BCUT2D eigenvalue weighted by atomic mass is 16.6. The van der Waals surface area contributed by atoms with Gasteiger partial charge in [-0.25, -0.2) is 9.59 Å². The third-order valence-electron chi connectivity index (χ3n) is 3.83. The maximum atomic E-state index is 12.0. The molecule has 0 saturated carbocycles. The summed E-state index contributed by atoms with van der Waals surface area (Å²) in [7, 11) is 0. The fraction of sp³-hybridized carbons (Fsp3) is 0.444. The van der Waals surface area contributed by atoms with Crippen molar-refractivity contribution >= 4 is 12.1 Å². The normalized spacial score (nSPS) is 22.7. The predicted octanol–water partition coefficient (Wildman–Crippen LogP) is 1.77. The number of aliphatic hydroxyl groups excluding tert-OH is 1. The average molecular weight is 347 g/mol. The number of benzene rings is 1. The molecule has 1 aliphatic heterocycles. The maximum Gasteiger partial charge on any atom is 0.407 e. The number of carbonyl (C=O) groups is 2. The van der Waals surface area contributed by atoms with Crippen molar-refractivity contribution in [3.63, 3.8) is 0 Å². The van der Waals surface area contributed by atoms with Gasteiger partial charge in [-0.2, -0.15) is 0 Å². The molecule has 0 bridgehead atoms. The minimum absolute atomic E-state index is 0.0252. The zero-order chi connectivity index (χ0) is 18.7. The van der Waals surface area contributed by atoms with E-state index in [9.17, 15) is 14.7 Å². The van der Waals surface area contributed by atoms with Gasteiger partial charge in [-0.15, -0.1) is 6.58 Å². The van der Waals surface area contributed by atoms with Crippen LogP contribution >= 0.6 is 0 Å². The van der Waals surface area contributed by atoms with Gasteiger partial charge in [-0.1, -0.05) is 30.3 Å². The summed E-state index contributed by atoms with van der Waals surface area (Å²) in [5.41, 5.74) is -0.0944. The van der Waals surface area contributed by atoms with Crippen LogP contribution in [0.5, 0.6) is 0 Å². The lowest BCUT2D eigenvalue weighted by Crippen LogP contribution is -2.55. The van der Waals surface area contributed by atoms with Gasteiger partial charge < -0.3 is 25.8 Å². The van der Waals surface area contributed by atoms with E-state index in [-0.39, 0.29) is 6.54 Å². The van der Waals surface area contributed by atoms with Crippen molar-refractivity contribution in [2.24, 2.45) is 0 Å². The van der Waals surface area contributed by atoms with Gasteiger partial charge in [0.1, 0.15) is 11.1 Å². The van der Waals surface area contributed by atoms with Crippen LogP contribution in [-0.4, -0.2) is 35.6 Å². The number of aliphatic hydroxyl groups is 1. The largest absolute Gasteiger partial charge is 0.444 e. The number of hydrogen-bond acceptors (Lipinski definition) is 4. The molecular formula is C18H25N3O4. The molecule has 25 heavy (non-hydrogen) atoms. The van der Waals surface area contributed by atoms with E-state index in [1.807, 2.05) is 24.3 Å². The van der Waals surface area contributed by atoms with Crippen LogP contribution in [0.15, 0.2) is 36.9 Å². The van der Waals surface area contributed by atoms with E-state index in [0.717, 1.165) is 12.0 Å². The number of ether oxygens (including phenoxy) is 1. The first-order valence-corrected chi connectivity index (χ1v) is 8.10. The van der Waals surface area contributed by atoms with Crippen molar-refractivity contribution in [2.45, 2.75) is 44.6 Å². The quantitative estimate of drug-likeness (QED) is 0.610. The molecule has 1 aromatic carbocycles. The van der Waals surface area contributed by atoms with Crippen LogP contribution in [0.4, 0.5) is 9.59 Å². The van der Waals surface area contributed by atoms with Gasteiger partial charge in [-0.3, -0.25) is 0 Å². The van der Waals surface area contributed by atoms with Gasteiger partial charge >= 0.3 is 12.1 Å². The number of alkyl carbamates (subject to hydrolysis) is 1. The summed E-state index contributed by atoms with van der Waals surface area (Å²) < 4.78 is 5.22. The molecule has 0 aliphatic carbocycles. The molecule has 7 heteroatoms. The Hall–Kier alpha value is -2.54. The van der Waals surface area contributed by atoms with Gasteiger partial charge in [0.15, 0.2) is 6.23 Å². The summed E-state index contributed by atoms with van der Waals surface area (Å²) in [6.45, 7) is 8.95. The molecule has 1 saturated heterocycles. The predicted molar refractivity (Wildman–Crippen MR) is 93.9 cm³/mol. The molecule has 3 amide bonds. The average Bonchev–Trinajstić information content (AvgIpc) is 2.79. The SMILES string of the molecule is C=CCc1ccc(C2(CNC(=O)OC(C)(C)C)NC(=O)NC2O)cc1. The van der Waals surface area contributed by atoms with Gasteiger partial charge in [-0.05, 0) is 38.3 Å². The standard InChI is InChI=1S/C18H25N3O4/c1-5-6-12-7-9-13(10-8-12)18(14(22)20-15(23)21-18)11-19-16(24)25-17(2,3)4/h5,7-10,14,22H,1,6,11H2,2-4H3,(H,19,24)(H2,20,21,23). The first kappa shape index (κ1) is 18.8. The molecule has 4 N–H and O–H groups in total. The van der Waals surface area contributed by atoms with E-state index in [4.69, 9.17) is 4.74 Å². The number of amides is 3. The van der Waals surface area contributed by atoms with Crippen LogP contribution < -0.4 is 16.0 Å². The second-order valence-corrected chi connectivity index (χ2v) is 7.02. The molecule has 2 atom stereocenters. The van der Waals surface area contributed by atoms with Crippen LogP contribution in [-0.2, 0) is 16.7 Å². The highest BCUT2D eigenvalue weighted by Crippen LogP contribution is 2.28. The van der Waals surface area contributed by atoms with Crippen LogP contribution in [0, 0.1) is 0 Å². The number of rotatable bonds is 5. The highest BCUT2D eigenvalue weighted by molar-refractivity contribution is 5.79. The van der Waals surface area contributed by atoms with Crippen LogP contribution in [0.2, 0.25) is 0 Å². The lowest BCUT2D eigenvalue weighted by atomic mass is 9.88. The molecule has 2 rings (SSSR count). The Balaban J connectivity index is 2.22. The van der Waals surface area contributed by atoms with Gasteiger partial charge in [0.2, 0.25) is 0 Å². The monoisotopic (exact) mass is 347 g/mol. The van der Waals surface area contributed by atoms with Crippen molar-refractivity contribution in [2.75, 3.05) is 6.54 Å². The van der Waals surface area contributed by atoms with Crippen molar-refractivity contribution < 1.29 is 19.4 Å². The number of urea groups is 1. The summed E-state index contributed by atoms with van der Waals surface area (Å²) in [4.78, 5) is 23.7. The third-order valence-corrected chi connectivity index (χ3v) is 3.83. The van der Waals surface area contributed by atoms with Gasteiger partial charge in [0, 0.05) is 0 Å². The van der Waals surface area contributed by atoms with E-state index >= 15 is 0 Å². The van der Waals surface area contributed by atoms with E-state index in [1.54, 1.807) is 26.8 Å². The topological polar surface area (TPSA) is 99.7 Å². The Labute approximate surface area is 147 Å². The molecule has 2 unspecified atom stereocenters. The highest BCUT2D eigenvalue weighted by Gasteiger charge is 2.47. The zero-order valence-corrected chi connectivity index (χ0v) is 14.8. The van der Waals surface area contributed by atoms with Gasteiger partial charge in [0.05, 0.1) is 6.54 Å². The van der Waals surface area contributed by atoms with Gasteiger partial charge in [0.25, 0.3) is 0 Å². The first-order valence-electron chi connectivity index (χ1n) is 8.10. The Bertz CT molecular complexity index is 651. The second kappa shape index (κ2) is 7.14. The molecule has 1 aliphatic rings. The maximum absolute atomic E-state index is 12.0. The first-order chi connectivity index (χ1) is 11.7. The Morgan fingerprint density at radius 1 is 1.40 bits per heavy atom. The summed E-state index contributed by atoms with van der Waals surface area (Å²) in [6, 6.07) is 6.90. The summed E-state index contributed by atoms with van der Waals surface area (Å²) in [6.07, 6.45) is 0.697. The molecule has 0 spiro atoms. The molecular weight excluding hydrogens is 322 g/mol. The number of allylic oxidation sites excluding steroid dienone is 1. The van der Waals surface area contributed by atoms with Crippen LogP contribution in [0.25, 0.3) is 0 Å². The minimum atomic E-state index is -1.19. The molecule has 0 aromatic heterocycles. The lowest BCUT2D eigenvalue weighted by Gasteiger charge is -2.32. The van der Waals surface area contributed by atoms with Crippen LogP contribution in [0.1, 0.15) is 31.9 Å². The van der Waals surface area contributed by atoms with E-state index in [0.29, 0.717) is 5.56 Å². The number of hydrogen-bond donors (Lipinski definition) is 4. The van der Waals surface area contributed by atoms with Crippen molar-refractivity contribution in [3.05, 3.63) is 48.0 Å². The minimum Gasteiger partial charge on any atom is -0.444 e. The number of carbonyl (C=O) groups excluding carboxylic acids is 2. The van der Waals surface area contributed by atoms with E-state index in [2.05, 4.69) is 22.5 Å². The summed E-state index contributed by atoms with van der Waals surface area (Å²) in [5.74, 6) is 0. The molecule has 1 fully saturated rings. The summed E-state index contributed by atoms with van der Waals surface area (Å²) in [5, 5.41) is 18.1. The smallest absolute Gasteiger partial charge is 0.407 e. The van der Waals surface area contributed by atoms with Crippen molar-refractivity contribution in [1.82, 2.24) is 16.0 Å². The van der Waals surface area contributed by atoms with Crippen molar-refractivity contribution in [1.29, 1.82) is 0 Å². The molecule has 1 heterocycles. The fourth-order valence-electron chi connectivity index (χ4n) is 2.66. The van der Waals surface area contributed by atoms with Crippen molar-refractivity contribution in [3.8, 4) is 0 Å². The second-order valence-electron chi connectivity index (χ2n) is 7.02. The molecule has 0 radical (unpaired) electrons. The fourth-order valence-corrected chi connectivity index (χ4v) is 2.66. The van der Waals surface area contributed by atoms with E-state index in [1.165, 1.54) is 0 Å². The summed E-state index contributed by atoms with van der Waals surface area (Å²) >= 11 is 0. The van der Waals surface area contributed by atoms with Crippen LogP contribution in [0.3, 0.4) is 0 Å². The third kappa shape index (κ3) is 4.51. The number of nitrogens with one attached hydrogen (secondary N) is 3. The zero-order valence-electron chi connectivity index (χ0n) is 14.8.